The summed E-state index contributed by atoms with van der Waals surface area (Å²) in [5.41, 5.74) is 9.65. The van der Waals surface area contributed by atoms with Gasteiger partial charge in [0.05, 0.1) is 0 Å². The highest BCUT2D eigenvalue weighted by Crippen LogP contribution is 2.40. The van der Waals surface area contributed by atoms with Crippen LogP contribution in [0.15, 0.2) is 154 Å². The molecule has 8 aromatic rings. The van der Waals surface area contributed by atoms with Gasteiger partial charge < -0.3 is 13.7 Å². The van der Waals surface area contributed by atoms with Gasteiger partial charge in [0.2, 0.25) is 5.89 Å². The van der Waals surface area contributed by atoms with E-state index in [9.17, 15) is 0 Å². The van der Waals surface area contributed by atoms with E-state index in [0.29, 0.717) is 11.5 Å². The van der Waals surface area contributed by atoms with Crippen molar-refractivity contribution < 1.29 is 8.83 Å². The van der Waals surface area contributed by atoms with Gasteiger partial charge in [-0.1, -0.05) is 78.9 Å². The number of aromatic nitrogens is 1. The molecule has 41 heavy (non-hydrogen) atoms. The van der Waals surface area contributed by atoms with Crippen LogP contribution in [0.5, 0.6) is 0 Å². The maximum atomic E-state index is 6.32. The first-order valence-corrected chi connectivity index (χ1v) is 13.6. The highest BCUT2D eigenvalue weighted by molar-refractivity contribution is 6.15. The highest BCUT2D eigenvalue weighted by atomic mass is 16.4. The van der Waals surface area contributed by atoms with Gasteiger partial charge in [-0.25, -0.2) is 4.98 Å². The molecule has 0 spiro atoms. The maximum absolute atomic E-state index is 6.32. The summed E-state index contributed by atoms with van der Waals surface area (Å²) in [6.07, 6.45) is 0. The Morgan fingerprint density at radius 1 is 0.463 bits per heavy atom. The van der Waals surface area contributed by atoms with E-state index in [0.717, 1.165) is 61.2 Å². The van der Waals surface area contributed by atoms with Crippen LogP contribution in [0.2, 0.25) is 0 Å². The summed E-state index contributed by atoms with van der Waals surface area (Å²) in [5.74, 6) is 0.606. The monoisotopic (exact) mass is 528 g/mol. The molecule has 0 saturated heterocycles. The first kappa shape index (κ1) is 23.3. The minimum atomic E-state index is 0.606. The lowest BCUT2D eigenvalue weighted by Gasteiger charge is -2.25. The number of benzene rings is 6. The second-order valence-corrected chi connectivity index (χ2v) is 10.0. The van der Waals surface area contributed by atoms with Crippen LogP contribution in [-0.4, -0.2) is 4.98 Å². The van der Waals surface area contributed by atoms with E-state index in [4.69, 9.17) is 13.8 Å². The molecule has 8 rings (SSSR count). The van der Waals surface area contributed by atoms with Crippen LogP contribution in [0.25, 0.3) is 55.6 Å². The van der Waals surface area contributed by atoms with Crippen LogP contribution in [0.1, 0.15) is 0 Å². The van der Waals surface area contributed by atoms with Crippen LogP contribution in [0, 0.1) is 0 Å². The lowest BCUT2D eigenvalue weighted by molar-refractivity contribution is 0.617. The van der Waals surface area contributed by atoms with Gasteiger partial charge in [0.25, 0.3) is 0 Å². The fourth-order valence-electron chi connectivity index (χ4n) is 5.58. The molecule has 0 aliphatic carbocycles. The van der Waals surface area contributed by atoms with Gasteiger partial charge in [-0.15, -0.1) is 0 Å². The highest BCUT2D eigenvalue weighted by Gasteiger charge is 2.17. The number of fused-ring (bicyclic) bond motifs is 4. The summed E-state index contributed by atoms with van der Waals surface area (Å²) in [6.45, 7) is 0. The van der Waals surface area contributed by atoms with Crippen molar-refractivity contribution in [3.63, 3.8) is 0 Å². The Labute approximate surface area is 236 Å². The first-order chi connectivity index (χ1) is 20.3. The van der Waals surface area contributed by atoms with E-state index >= 15 is 0 Å². The standard InChI is InChI=1S/C37H24N2O2/c1-4-11-26(12-5-1)37-38-32-23-31-34(24-35(32)41-37)40-33-18-10-17-30(36(31)33)25-19-21-29(22-20-25)39(27-13-6-2-7-14-27)28-15-8-3-9-16-28/h1-24H. The Hall–Kier alpha value is -5.61. The SMILES string of the molecule is c1ccc(-c2nc3cc4c(cc3o2)oc2cccc(-c3ccc(N(c5ccccc5)c5ccccc5)cc3)c24)cc1. The van der Waals surface area contributed by atoms with Gasteiger partial charge in [0, 0.05) is 39.5 Å². The number of oxazole rings is 1. The third-order valence-electron chi connectivity index (χ3n) is 7.49. The fraction of sp³-hybridized carbons (Fsp3) is 0. The lowest BCUT2D eigenvalue weighted by Crippen LogP contribution is -2.09. The molecule has 0 fully saturated rings. The number of anilines is 3. The predicted octanol–water partition coefficient (Wildman–Crippen LogP) is 10.5. The summed E-state index contributed by atoms with van der Waals surface area (Å²) in [6, 6.07) is 49.8. The van der Waals surface area contributed by atoms with Crippen LogP contribution in [0.3, 0.4) is 0 Å². The lowest BCUT2D eigenvalue weighted by atomic mass is 9.99. The number of para-hydroxylation sites is 2. The van der Waals surface area contributed by atoms with Crippen molar-refractivity contribution >= 4 is 50.1 Å². The van der Waals surface area contributed by atoms with Crippen molar-refractivity contribution in [3.05, 3.63) is 146 Å². The number of hydrogen-bond acceptors (Lipinski definition) is 4. The van der Waals surface area contributed by atoms with Crippen molar-refractivity contribution in [2.45, 2.75) is 0 Å². The average Bonchev–Trinajstić information content (AvgIpc) is 3.62. The molecule has 0 aliphatic heterocycles. The topological polar surface area (TPSA) is 42.4 Å². The maximum Gasteiger partial charge on any atom is 0.227 e. The van der Waals surface area contributed by atoms with Crippen molar-refractivity contribution in [2.24, 2.45) is 0 Å². The fourth-order valence-corrected chi connectivity index (χ4v) is 5.58. The summed E-state index contributed by atoms with van der Waals surface area (Å²) < 4.78 is 12.4. The number of rotatable bonds is 5. The van der Waals surface area contributed by atoms with E-state index in [2.05, 4.69) is 89.8 Å². The summed E-state index contributed by atoms with van der Waals surface area (Å²) in [7, 11) is 0. The van der Waals surface area contributed by atoms with Crippen LogP contribution < -0.4 is 4.90 Å². The van der Waals surface area contributed by atoms with Gasteiger partial charge in [-0.3, -0.25) is 0 Å². The molecular weight excluding hydrogens is 504 g/mol. The molecule has 2 heterocycles. The van der Waals surface area contributed by atoms with E-state index < -0.39 is 0 Å². The Morgan fingerprint density at radius 2 is 1.10 bits per heavy atom. The van der Waals surface area contributed by atoms with Crippen LogP contribution in [-0.2, 0) is 0 Å². The second kappa shape index (κ2) is 9.54. The minimum Gasteiger partial charge on any atom is -0.456 e. The summed E-state index contributed by atoms with van der Waals surface area (Å²) in [4.78, 5) is 7.06. The van der Waals surface area contributed by atoms with E-state index in [1.54, 1.807) is 0 Å². The number of hydrogen-bond donors (Lipinski definition) is 0. The van der Waals surface area contributed by atoms with E-state index in [1.165, 1.54) is 0 Å². The molecule has 4 heteroatoms. The quantitative estimate of drug-likeness (QED) is 0.223. The van der Waals surface area contributed by atoms with Crippen LogP contribution >= 0.6 is 0 Å². The minimum absolute atomic E-state index is 0.606. The third-order valence-corrected chi connectivity index (χ3v) is 7.49. The molecule has 4 nitrogen and oxygen atoms in total. The van der Waals surface area contributed by atoms with Gasteiger partial charge in [0.15, 0.2) is 5.58 Å². The van der Waals surface area contributed by atoms with Gasteiger partial charge in [-0.05, 0) is 71.8 Å². The molecule has 0 N–H and O–H groups in total. The third kappa shape index (κ3) is 4.05. The van der Waals surface area contributed by atoms with E-state index in [1.807, 2.05) is 60.7 Å². The molecule has 0 saturated carbocycles. The Morgan fingerprint density at radius 3 is 1.78 bits per heavy atom. The molecule has 2 aromatic heterocycles. The number of nitrogens with zero attached hydrogens (tertiary/aromatic N) is 2. The van der Waals surface area contributed by atoms with Gasteiger partial charge in [0.1, 0.15) is 16.7 Å². The van der Waals surface area contributed by atoms with Crippen molar-refractivity contribution in [1.29, 1.82) is 0 Å². The summed E-state index contributed by atoms with van der Waals surface area (Å²) in [5, 5.41) is 2.10. The molecule has 6 aromatic carbocycles. The molecular formula is C37H24N2O2. The number of furan rings is 1. The molecule has 0 bridgehead atoms. The van der Waals surface area contributed by atoms with Crippen molar-refractivity contribution in [3.8, 4) is 22.6 Å². The second-order valence-electron chi connectivity index (χ2n) is 10.0. The molecule has 0 unspecified atom stereocenters. The summed E-state index contributed by atoms with van der Waals surface area (Å²) >= 11 is 0. The normalized spacial score (nSPS) is 11.4. The van der Waals surface area contributed by atoms with Gasteiger partial charge >= 0.3 is 0 Å². The zero-order valence-corrected chi connectivity index (χ0v) is 22.1. The van der Waals surface area contributed by atoms with Crippen LogP contribution in [0.4, 0.5) is 17.1 Å². The zero-order valence-electron chi connectivity index (χ0n) is 22.1. The average molecular weight is 529 g/mol. The Kier molecular flexibility index (Phi) is 5.42. The first-order valence-electron chi connectivity index (χ1n) is 13.6. The van der Waals surface area contributed by atoms with Gasteiger partial charge in [-0.2, -0.15) is 0 Å². The Bertz CT molecular complexity index is 2090. The largest absolute Gasteiger partial charge is 0.456 e. The van der Waals surface area contributed by atoms with Crippen molar-refractivity contribution in [2.75, 3.05) is 4.90 Å². The van der Waals surface area contributed by atoms with E-state index in [-0.39, 0.29) is 0 Å². The molecule has 0 aliphatic rings. The predicted molar refractivity (Wildman–Crippen MR) is 167 cm³/mol. The molecule has 0 amide bonds. The molecule has 0 radical (unpaired) electrons. The molecule has 194 valence electrons. The molecule has 0 atom stereocenters. The Balaban J connectivity index is 1.24. The zero-order chi connectivity index (χ0) is 27.2. The smallest absolute Gasteiger partial charge is 0.227 e. The van der Waals surface area contributed by atoms with Crippen molar-refractivity contribution in [1.82, 2.24) is 4.98 Å².